The molecule has 0 aromatic heterocycles. The average molecular weight is 258 g/mol. The highest BCUT2D eigenvalue weighted by Gasteiger charge is 2.28. The summed E-state index contributed by atoms with van der Waals surface area (Å²) in [6, 6.07) is 0. The summed E-state index contributed by atoms with van der Waals surface area (Å²) in [7, 11) is 1.08. The molecule has 0 rings (SSSR count). The van der Waals surface area contributed by atoms with Gasteiger partial charge < -0.3 is 0 Å². The summed E-state index contributed by atoms with van der Waals surface area (Å²) in [6.07, 6.45) is 5.52. The Balaban J connectivity index is 4.17. The first-order valence-corrected chi connectivity index (χ1v) is 8.33. The van der Waals surface area contributed by atoms with Gasteiger partial charge in [-0.2, -0.15) is 0 Å². The second-order valence-electron chi connectivity index (χ2n) is 7.76. The predicted octanol–water partition coefficient (Wildman–Crippen LogP) is 6.09. The maximum Gasteiger partial charge on any atom is -0.0174 e. The third kappa shape index (κ3) is 10.1. The van der Waals surface area contributed by atoms with Crippen LogP contribution in [0.15, 0.2) is 0 Å². The van der Waals surface area contributed by atoms with Crippen LogP contribution in [0.5, 0.6) is 0 Å². The second-order valence-corrected chi connectivity index (χ2v) is 10.7. The molecule has 0 aliphatic heterocycles. The standard InChI is InChI=1S/C16H35P/c1-13(2)9-11-15(5,6)17-16(7,8)12-10-14(3)4/h13-14,17H,9-12H2,1-8H3. The molecule has 1 heteroatoms. The van der Waals surface area contributed by atoms with Gasteiger partial charge in [0.2, 0.25) is 0 Å². The molecule has 0 aliphatic rings. The maximum absolute atomic E-state index is 2.46. The summed E-state index contributed by atoms with van der Waals surface area (Å²) in [5.41, 5.74) is 0. The molecule has 0 saturated heterocycles. The predicted molar refractivity (Wildman–Crippen MR) is 84.6 cm³/mol. The molecular formula is C16H35P. The van der Waals surface area contributed by atoms with Gasteiger partial charge in [-0.3, -0.25) is 0 Å². The van der Waals surface area contributed by atoms with Gasteiger partial charge in [-0.05, 0) is 35.0 Å². The minimum absolute atomic E-state index is 0.532. The summed E-state index contributed by atoms with van der Waals surface area (Å²) in [6.45, 7) is 19.2. The SMILES string of the molecule is CC(C)CCC(C)(C)PC(C)(C)CCC(C)C. The molecule has 0 aliphatic carbocycles. The monoisotopic (exact) mass is 258 g/mol. The Morgan fingerprint density at radius 2 is 1.00 bits per heavy atom. The van der Waals surface area contributed by atoms with Crippen LogP contribution < -0.4 is 0 Å². The molecular weight excluding hydrogens is 223 g/mol. The molecule has 104 valence electrons. The highest BCUT2D eigenvalue weighted by atomic mass is 31.1. The first kappa shape index (κ1) is 17.4. The van der Waals surface area contributed by atoms with Gasteiger partial charge in [-0.15, -0.1) is 8.58 Å². The molecule has 0 spiro atoms. The molecule has 17 heavy (non-hydrogen) atoms. The van der Waals surface area contributed by atoms with Crippen LogP contribution in [0.25, 0.3) is 0 Å². The zero-order valence-corrected chi connectivity index (χ0v) is 14.5. The summed E-state index contributed by atoms with van der Waals surface area (Å²) in [5.74, 6) is 1.69. The molecule has 0 aromatic rings. The van der Waals surface area contributed by atoms with Crippen molar-refractivity contribution in [3.63, 3.8) is 0 Å². The molecule has 0 nitrogen and oxygen atoms in total. The van der Waals surface area contributed by atoms with Gasteiger partial charge >= 0.3 is 0 Å². The first-order chi connectivity index (χ1) is 7.54. The molecule has 0 radical (unpaired) electrons. The molecule has 0 heterocycles. The van der Waals surface area contributed by atoms with Crippen molar-refractivity contribution in [3.8, 4) is 0 Å². The Labute approximate surface area is 112 Å². The van der Waals surface area contributed by atoms with E-state index in [1.807, 2.05) is 0 Å². The zero-order valence-electron chi connectivity index (χ0n) is 13.5. The Bertz CT molecular complexity index is 180. The lowest BCUT2D eigenvalue weighted by Crippen LogP contribution is -2.24. The van der Waals surface area contributed by atoms with E-state index < -0.39 is 0 Å². The third-order valence-electron chi connectivity index (χ3n) is 3.37. The van der Waals surface area contributed by atoms with Gasteiger partial charge in [0.05, 0.1) is 0 Å². The van der Waals surface area contributed by atoms with Gasteiger partial charge in [0, 0.05) is 0 Å². The molecule has 0 N–H and O–H groups in total. The van der Waals surface area contributed by atoms with Crippen LogP contribution in [-0.2, 0) is 0 Å². The lowest BCUT2D eigenvalue weighted by atomic mass is 9.99. The van der Waals surface area contributed by atoms with Gasteiger partial charge in [-0.1, -0.05) is 68.2 Å². The summed E-state index contributed by atoms with van der Waals surface area (Å²) >= 11 is 0. The normalized spacial score (nSPS) is 13.8. The lowest BCUT2D eigenvalue weighted by Gasteiger charge is -2.36. The van der Waals surface area contributed by atoms with E-state index >= 15 is 0 Å². The topological polar surface area (TPSA) is 0 Å². The minimum atomic E-state index is 0.532. The van der Waals surface area contributed by atoms with E-state index in [2.05, 4.69) is 55.4 Å². The van der Waals surface area contributed by atoms with Crippen molar-refractivity contribution in [1.82, 2.24) is 0 Å². The van der Waals surface area contributed by atoms with Crippen molar-refractivity contribution < 1.29 is 0 Å². The second kappa shape index (κ2) is 7.13. The van der Waals surface area contributed by atoms with Crippen molar-refractivity contribution in [2.75, 3.05) is 0 Å². The van der Waals surface area contributed by atoms with E-state index in [-0.39, 0.29) is 0 Å². The van der Waals surface area contributed by atoms with Crippen LogP contribution in [0.3, 0.4) is 0 Å². The number of hydrogen-bond donors (Lipinski definition) is 0. The number of hydrogen-bond acceptors (Lipinski definition) is 0. The van der Waals surface area contributed by atoms with Gasteiger partial charge in [0.15, 0.2) is 0 Å². The van der Waals surface area contributed by atoms with Gasteiger partial charge in [-0.25, -0.2) is 0 Å². The van der Waals surface area contributed by atoms with Crippen molar-refractivity contribution in [2.45, 2.75) is 91.4 Å². The fourth-order valence-electron chi connectivity index (χ4n) is 2.34. The van der Waals surface area contributed by atoms with Crippen LogP contribution in [0.1, 0.15) is 81.1 Å². The molecule has 0 aromatic carbocycles. The van der Waals surface area contributed by atoms with Crippen LogP contribution in [0.4, 0.5) is 0 Å². The smallest absolute Gasteiger partial charge is 0.0174 e. The maximum atomic E-state index is 2.46. The Kier molecular flexibility index (Phi) is 7.31. The molecule has 0 atom stereocenters. The van der Waals surface area contributed by atoms with Crippen molar-refractivity contribution in [3.05, 3.63) is 0 Å². The third-order valence-corrected chi connectivity index (χ3v) is 5.22. The summed E-state index contributed by atoms with van der Waals surface area (Å²) in [4.78, 5) is 0. The molecule has 0 saturated carbocycles. The summed E-state index contributed by atoms with van der Waals surface area (Å²) < 4.78 is 0. The Morgan fingerprint density at radius 3 is 1.24 bits per heavy atom. The van der Waals surface area contributed by atoms with E-state index in [1.54, 1.807) is 0 Å². The average Bonchev–Trinajstić information content (AvgIpc) is 2.10. The van der Waals surface area contributed by atoms with E-state index in [4.69, 9.17) is 0 Å². The molecule has 0 unspecified atom stereocenters. The van der Waals surface area contributed by atoms with Crippen molar-refractivity contribution in [2.24, 2.45) is 11.8 Å². The van der Waals surface area contributed by atoms with Gasteiger partial charge in [0.1, 0.15) is 0 Å². The van der Waals surface area contributed by atoms with Crippen LogP contribution in [-0.4, -0.2) is 10.3 Å². The van der Waals surface area contributed by atoms with E-state index in [9.17, 15) is 0 Å². The van der Waals surface area contributed by atoms with Crippen LogP contribution >= 0.6 is 8.58 Å². The highest BCUT2D eigenvalue weighted by molar-refractivity contribution is 7.41. The van der Waals surface area contributed by atoms with Crippen molar-refractivity contribution in [1.29, 1.82) is 0 Å². The first-order valence-electron chi connectivity index (χ1n) is 7.33. The Hall–Kier alpha value is 0.430. The minimum Gasteiger partial charge on any atom is -0.110 e. The van der Waals surface area contributed by atoms with E-state index in [0.717, 1.165) is 20.4 Å². The zero-order chi connectivity index (χ0) is 13.7. The fraction of sp³-hybridized carbons (Fsp3) is 1.00. The van der Waals surface area contributed by atoms with Gasteiger partial charge in [0.25, 0.3) is 0 Å². The number of rotatable bonds is 8. The Morgan fingerprint density at radius 1 is 0.706 bits per heavy atom. The highest BCUT2D eigenvalue weighted by Crippen LogP contribution is 2.48. The van der Waals surface area contributed by atoms with E-state index in [1.165, 1.54) is 25.7 Å². The van der Waals surface area contributed by atoms with Crippen LogP contribution in [0, 0.1) is 11.8 Å². The van der Waals surface area contributed by atoms with Crippen molar-refractivity contribution >= 4 is 8.58 Å². The molecule has 0 amide bonds. The largest absolute Gasteiger partial charge is 0.110 e. The molecule has 0 fully saturated rings. The van der Waals surface area contributed by atoms with E-state index in [0.29, 0.717) is 10.3 Å². The fourth-order valence-corrected chi connectivity index (χ4v) is 4.71. The molecule has 0 bridgehead atoms. The van der Waals surface area contributed by atoms with Crippen LogP contribution in [0.2, 0.25) is 0 Å². The quantitative estimate of drug-likeness (QED) is 0.462. The summed E-state index contributed by atoms with van der Waals surface area (Å²) in [5, 5.41) is 1.06. The lowest BCUT2D eigenvalue weighted by molar-refractivity contribution is 0.473.